The maximum Gasteiger partial charge on any atom is 0.328 e. The van der Waals surface area contributed by atoms with E-state index in [2.05, 4.69) is 16.0 Å². The Morgan fingerprint density at radius 2 is 1.13 bits per heavy atom. The summed E-state index contributed by atoms with van der Waals surface area (Å²) in [5.74, 6) is -1.22. The van der Waals surface area contributed by atoms with Gasteiger partial charge in [0.25, 0.3) is 0 Å². The van der Waals surface area contributed by atoms with E-state index in [1.54, 1.807) is 11.8 Å². The number of aliphatic hydroxyl groups is 1. The zero-order chi connectivity index (χ0) is 23.8. The molecule has 10 nitrogen and oxygen atoms in total. The molecule has 180 valence electrons. The van der Waals surface area contributed by atoms with Crippen LogP contribution in [-0.2, 0) is 19.2 Å². The molecule has 0 heterocycles. The van der Waals surface area contributed by atoms with Crippen LogP contribution in [0.2, 0.25) is 0 Å². The molecule has 0 aromatic rings. The summed E-state index contributed by atoms with van der Waals surface area (Å²) in [4.78, 5) is 48.8. The molecule has 0 radical (unpaired) electrons. The second-order valence-electron chi connectivity index (χ2n) is 6.66. The Hall–Kier alpha value is -1.15. The number of hydrogen-bond donors (Lipinski definition) is 6. The van der Waals surface area contributed by atoms with Crippen LogP contribution < -0.4 is 21.7 Å². The third kappa shape index (κ3) is 12.5. The first-order valence-electron chi connectivity index (χ1n) is 9.68. The first kappa shape index (κ1) is 29.9. The van der Waals surface area contributed by atoms with Gasteiger partial charge in [-0.2, -0.15) is 35.3 Å². The molecule has 7 N–H and O–H groups in total. The molecule has 0 rings (SSSR count). The monoisotopic (exact) mass is 498 g/mol. The molecule has 0 aromatic heterocycles. The molecule has 13 heteroatoms. The van der Waals surface area contributed by atoms with E-state index in [1.165, 1.54) is 23.5 Å². The Balaban J connectivity index is 5.26. The Kier molecular flexibility index (Phi) is 16.8. The summed E-state index contributed by atoms with van der Waals surface area (Å²) < 4.78 is 0. The minimum Gasteiger partial charge on any atom is -0.480 e. The van der Waals surface area contributed by atoms with E-state index in [9.17, 15) is 19.2 Å². The van der Waals surface area contributed by atoms with Crippen molar-refractivity contribution in [2.75, 3.05) is 42.6 Å². The van der Waals surface area contributed by atoms with Crippen molar-refractivity contribution in [3.63, 3.8) is 0 Å². The highest BCUT2D eigenvalue weighted by molar-refractivity contribution is 7.98. The first-order chi connectivity index (χ1) is 14.7. The van der Waals surface area contributed by atoms with Gasteiger partial charge in [0.1, 0.15) is 18.1 Å². The molecule has 31 heavy (non-hydrogen) atoms. The number of amides is 3. The van der Waals surface area contributed by atoms with Crippen LogP contribution >= 0.6 is 35.3 Å². The van der Waals surface area contributed by atoms with Crippen molar-refractivity contribution in [1.82, 2.24) is 16.0 Å². The number of rotatable bonds is 17. The number of aliphatic carboxylic acids is 1. The second kappa shape index (κ2) is 17.4. The molecule has 0 saturated carbocycles. The molecular formula is C18H34N4O6S3. The Labute approximate surface area is 196 Å². The van der Waals surface area contributed by atoms with Crippen molar-refractivity contribution >= 4 is 59.0 Å². The third-order valence-electron chi connectivity index (χ3n) is 4.25. The third-order valence-corrected chi connectivity index (χ3v) is 6.19. The predicted molar refractivity (Wildman–Crippen MR) is 127 cm³/mol. The van der Waals surface area contributed by atoms with Gasteiger partial charge in [-0.05, 0) is 55.3 Å². The summed E-state index contributed by atoms with van der Waals surface area (Å²) in [6.45, 7) is -0.773. The molecule has 0 bridgehead atoms. The summed E-state index contributed by atoms with van der Waals surface area (Å²) in [5.41, 5.74) is 5.89. The van der Waals surface area contributed by atoms with Gasteiger partial charge in [-0.1, -0.05) is 0 Å². The predicted octanol–water partition coefficient (Wildman–Crippen LogP) is -0.896. The van der Waals surface area contributed by atoms with E-state index in [0.29, 0.717) is 30.1 Å². The SMILES string of the molecule is CSCCC(N)C(=O)NC(CCSC)C(=O)NC(CCSC)C(=O)NC(CO)C(=O)O. The lowest BCUT2D eigenvalue weighted by atomic mass is 10.1. The van der Waals surface area contributed by atoms with Crippen LogP contribution in [0.15, 0.2) is 0 Å². The standard InChI is InChI=1S/C18H34N4O6S3/c1-29-7-4-11(19)15(24)20-12(5-8-30-2)16(25)21-13(6-9-31-3)17(26)22-14(10-23)18(27)28/h11-14,23H,4-10,19H2,1-3H3,(H,20,24)(H,21,25)(H,22,26)(H,27,28). The number of aliphatic hydroxyl groups excluding tert-OH is 1. The van der Waals surface area contributed by atoms with Gasteiger partial charge < -0.3 is 31.9 Å². The average molecular weight is 499 g/mol. The summed E-state index contributed by atoms with van der Waals surface area (Å²) in [6.07, 6.45) is 6.69. The topological polar surface area (TPSA) is 171 Å². The van der Waals surface area contributed by atoms with Crippen molar-refractivity contribution in [2.24, 2.45) is 5.73 Å². The van der Waals surface area contributed by atoms with E-state index in [0.717, 1.165) is 0 Å². The molecule has 4 atom stereocenters. The van der Waals surface area contributed by atoms with E-state index in [-0.39, 0.29) is 6.42 Å². The molecule has 0 aromatic carbocycles. The number of carbonyl (C=O) groups excluding carboxylic acids is 3. The second-order valence-corrected chi connectivity index (χ2v) is 9.61. The number of hydrogen-bond acceptors (Lipinski definition) is 9. The van der Waals surface area contributed by atoms with Crippen LogP contribution in [0, 0.1) is 0 Å². The lowest BCUT2D eigenvalue weighted by molar-refractivity contribution is -0.143. The van der Waals surface area contributed by atoms with E-state index >= 15 is 0 Å². The highest BCUT2D eigenvalue weighted by Crippen LogP contribution is 2.07. The normalized spacial score (nSPS) is 14.7. The van der Waals surface area contributed by atoms with Gasteiger partial charge in [-0.3, -0.25) is 14.4 Å². The molecule has 0 spiro atoms. The van der Waals surface area contributed by atoms with Crippen molar-refractivity contribution in [2.45, 2.75) is 43.4 Å². The quantitative estimate of drug-likeness (QED) is 0.148. The Morgan fingerprint density at radius 3 is 1.52 bits per heavy atom. The number of carboxylic acid groups (broad SMARTS) is 1. The zero-order valence-corrected chi connectivity index (χ0v) is 20.5. The molecule has 3 amide bonds. The van der Waals surface area contributed by atoms with Crippen molar-refractivity contribution in [3.05, 3.63) is 0 Å². The van der Waals surface area contributed by atoms with Gasteiger partial charge in [0, 0.05) is 0 Å². The summed E-state index contributed by atoms with van der Waals surface area (Å²) in [7, 11) is 0. The van der Waals surface area contributed by atoms with Crippen LogP contribution in [0.25, 0.3) is 0 Å². The number of carboxylic acids is 1. The van der Waals surface area contributed by atoms with Crippen LogP contribution in [0.4, 0.5) is 0 Å². The highest BCUT2D eigenvalue weighted by atomic mass is 32.2. The minimum atomic E-state index is -1.47. The first-order valence-corrected chi connectivity index (χ1v) is 13.9. The van der Waals surface area contributed by atoms with Crippen molar-refractivity contribution in [1.29, 1.82) is 0 Å². The van der Waals surface area contributed by atoms with Crippen LogP contribution in [-0.4, -0.2) is 101 Å². The van der Waals surface area contributed by atoms with E-state index in [4.69, 9.17) is 15.9 Å². The molecule has 4 unspecified atom stereocenters. The maximum atomic E-state index is 12.9. The fourth-order valence-electron chi connectivity index (χ4n) is 2.39. The number of nitrogens with two attached hydrogens (primary N) is 1. The number of carbonyl (C=O) groups is 4. The van der Waals surface area contributed by atoms with Gasteiger partial charge >= 0.3 is 5.97 Å². The molecule has 0 aliphatic carbocycles. The lowest BCUT2D eigenvalue weighted by Crippen LogP contribution is -2.57. The number of nitrogens with one attached hydrogen (secondary N) is 3. The Morgan fingerprint density at radius 1 is 0.742 bits per heavy atom. The molecule has 0 saturated heterocycles. The van der Waals surface area contributed by atoms with Crippen LogP contribution in [0.3, 0.4) is 0 Å². The lowest BCUT2D eigenvalue weighted by Gasteiger charge is -2.25. The summed E-state index contributed by atoms with van der Waals surface area (Å²) in [6, 6.07) is -4.10. The molecular weight excluding hydrogens is 464 g/mol. The van der Waals surface area contributed by atoms with Crippen LogP contribution in [0.1, 0.15) is 19.3 Å². The molecule has 0 aliphatic heterocycles. The van der Waals surface area contributed by atoms with Gasteiger partial charge in [0.05, 0.1) is 12.6 Å². The average Bonchev–Trinajstić information content (AvgIpc) is 2.74. The molecule has 0 aliphatic rings. The van der Waals surface area contributed by atoms with Gasteiger partial charge in [0.15, 0.2) is 0 Å². The summed E-state index contributed by atoms with van der Waals surface area (Å²) >= 11 is 4.54. The number of thioether (sulfide) groups is 3. The van der Waals surface area contributed by atoms with Crippen molar-refractivity contribution in [3.8, 4) is 0 Å². The van der Waals surface area contributed by atoms with Gasteiger partial charge in [-0.25, -0.2) is 4.79 Å². The van der Waals surface area contributed by atoms with Crippen LogP contribution in [0.5, 0.6) is 0 Å². The van der Waals surface area contributed by atoms with Gasteiger partial charge in [0.2, 0.25) is 17.7 Å². The Bertz CT molecular complexity index is 584. The molecule has 0 fully saturated rings. The smallest absolute Gasteiger partial charge is 0.328 e. The van der Waals surface area contributed by atoms with E-state index in [1.807, 2.05) is 18.8 Å². The van der Waals surface area contributed by atoms with Gasteiger partial charge in [-0.15, -0.1) is 0 Å². The fourth-order valence-corrected chi connectivity index (χ4v) is 3.83. The highest BCUT2D eigenvalue weighted by Gasteiger charge is 2.29. The zero-order valence-electron chi connectivity index (χ0n) is 18.1. The fraction of sp³-hybridized carbons (Fsp3) is 0.778. The summed E-state index contributed by atoms with van der Waals surface area (Å²) in [5, 5.41) is 25.7. The largest absolute Gasteiger partial charge is 0.480 e. The minimum absolute atomic E-state index is 0.257. The maximum absolute atomic E-state index is 12.9. The van der Waals surface area contributed by atoms with Crippen molar-refractivity contribution < 1.29 is 29.4 Å². The van der Waals surface area contributed by atoms with E-state index < -0.39 is 54.5 Å².